The summed E-state index contributed by atoms with van der Waals surface area (Å²) in [6.45, 7) is 3.91. The molecule has 0 saturated heterocycles. The van der Waals surface area contributed by atoms with Gasteiger partial charge < -0.3 is 25.2 Å². The highest BCUT2D eigenvalue weighted by Crippen LogP contribution is 2.43. The summed E-state index contributed by atoms with van der Waals surface area (Å²) in [5.41, 5.74) is 5.37. The summed E-state index contributed by atoms with van der Waals surface area (Å²) in [6.07, 6.45) is 46.9. The molecule has 0 rings (SSSR count). The van der Waals surface area contributed by atoms with Gasteiger partial charge in [0.05, 0.1) is 19.8 Å². The first kappa shape index (κ1) is 56.7. The van der Waals surface area contributed by atoms with Crippen LogP contribution in [0.25, 0.3) is 0 Å². The monoisotopic (exact) mass is 846 g/mol. The molecule has 0 aliphatic heterocycles. The van der Waals surface area contributed by atoms with E-state index in [1.807, 2.05) is 0 Å². The summed E-state index contributed by atoms with van der Waals surface area (Å²) in [7, 11) is -4.61. The molecule has 10 nitrogen and oxygen atoms in total. The maximum Gasteiger partial charge on any atom is 0.472 e. The van der Waals surface area contributed by atoms with Gasteiger partial charge in [-0.1, -0.05) is 206 Å². The van der Waals surface area contributed by atoms with Gasteiger partial charge in [-0.15, -0.1) is 0 Å². The van der Waals surface area contributed by atoms with Crippen LogP contribution in [-0.4, -0.2) is 60.5 Å². The number of unbranched alkanes of at least 4 members (excludes halogenated alkanes) is 31. The summed E-state index contributed by atoms with van der Waals surface area (Å²) in [5, 5.41) is 8.91. The van der Waals surface area contributed by atoms with Crippen molar-refractivity contribution in [3.05, 3.63) is 12.2 Å². The number of aliphatic carboxylic acids is 1. The fraction of sp³-hybridized carbons (Fsp3) is 0.915. The Hall–Kier alpha value is -1.29. The smallest absolute Gasteiger partial charge is 0.472 e. The first-order valence-electron chi connectivity index (χ1n) is 24.2. The zero-order valence-corrected chi connectivity index (χ0v) is 38.6. The van der Waals surface area contributed by atoms with E-state index in [0.717, 1.165) is 44.9 Å². The standard InChI is InChI=1S/C47H92NO9P/c1-3-5-7-9-11-13-15-17-19-20-21-22-23-24-25-27-29-31-33-35-37-39-46(49)57-44(42-55-58(52,53)56-43-45(48)47(50)51)41-54-40-38-36-34-32-30-28-26-18-16-14-12-10-8-6-4-2/h16,18,44-45H,3-15,17,19-43,48H2,1-2H3,(H,50,51)(H,52,53)/b18-16-. The van der Waals surface area contributed by atoms with Gasteiger partial charge in [0.2, 0.25) is 0 Å². The van der Waals surface area contributed by atoms with Gasteiger partial charge in [-0.05, 0) is 38.5 Å². The number of phosphoric acid groups is 1. The van der Waals surface area contributed by atoms with E-state index in [9.17, 15) is 19.0 Å². The molecular formula is C47H92NO9P. The van der Waals surface area contributed by atoms with E-state index in [4.69, 9.17) is 29.4 Å². The number of carbonyl (C=O) groups is 2. The van der Waals surface area contributed by atoms with E-state index in [1.165, 1.54) is 173 Å². The molecular weight excluding hydrogens is 753 g/mol. The summed E-state index contributed by atoms with van der Waals surface area (Å²) < 4.78 is 33.4. The highest BCUT2D eigenvalue weighted by Gasteiger charge is 2.27. The summed E-state index contributed by atoms with van der Waals surface area (Å²) in [5.74, 6) is -1.77. The Bertz CT molecular complexity index is 982. The second kappa shape index (κ2) is 43.8. The minimum atomic E-state index is -4.61. The number of allylic oxidation sites excluding steroid dienone is 2. The normalized spacial score (nSPS) is 13.9. The maximum absolute atomic E-state index is 12.7. The zero-order chi connectivity index (χ0) is 42.6. The lowest BCUT2D eigenvalue weighted by atomic mass is 10.0. The molecule has 344 valence electrons. The predicted molar refractivity (Wildman–Crippen MR) is 240 cm³/mol. The first-order valence-corrected chi connectivity index (χ1v) is 25.7. The van der Waals surface area contributed by atoms with Crippen LogP contribution in [0.4, 0.5) is 0 Å². The molecule has 0 fully saturated rings. The molecule has 3 unspecified atom stereocenters. The second-order valence-electron chi connectivity index (χ2n) is 16.6. The lowest BCUT2D eigenvalue weighted by molar-refractivity contribution is -0.154. The van der Waals surface area contributed by atoms with Crippen LogP contribution in [-0.2, 0) is 32.7 Å². The lowest BCUT2D eigenvalue weighted by Gasteiger charge is -2.20. The third kappa shape index (κ3) is 42.8. The Labute approximate surface area is 356 Å². The number of carbonyl (C=O) groups excluding carboxylic acids is 1. The van der Waals surface area contributed by atoms with Crippen molar-refractivity contribution < 1.29 is 42.7 Å². The molecule has 58 heavy (non-hydrogen) atoms. The number of esters is 1. The summed E-state index contributed by atoms with van der Waals surface area (Å²) in [6, 6.07) is -1.47. The minimum Gasteiger partial charge on any atom is -0.480 e. The molecule has 0 bridgehead atoms. The van der Waals surface area contributed by atoms with Crippen LogP contribution < -0.4 is 5.73 Å². The van der Waals surface area contributed by atoms with Crippen molar-refractivity contribution in [3.8, 4) is 0 Å². The largest absolute Gasteiger partial charge is 0.480 e. The molecule has 0 amide bonds. The van der Waals surface area contributed by atoms with Crippen molar-refractivity contribution in [2.75, 3.05) is 26.4 Å². The molecule has 4 N–H and O–H groups in total. The number of nitrogens with two attached hydrogens (primary N) is 1. The average molecular weight is 846 g/mol. The topological polar surface area (TPSA) is 155 Å². The third-order valence-corrected chi connectivity index (χ3v) is 11.7. The van der Waals surface area contributed by atoms with Crippen LogP contribution in [0.15, 0.2) is 12.2 Å². The number of hydrogen-bond acceptors (Lipinski definition) is 8. The Morgan fingerprint density at radius 2 is 0.897 bits per heavy atom. The molecule has 3 atom stereocenters. The number of carboxylic acid groups (broad SMARTS) is 1. The Morgan fingerprint density at radius 3 is 1.31 bits per heavy atom. The van der Waals surface area contributed by atoms with Gasteiger partial charge in [0.15, 0.2) is 0 Å². The van der Waals surface area contributed by atoms with Crippen molar-refractivity contribution >= 4 is 19.8 Å². The molecule has 0 aliphatic rings. The van der Waals surface area contributed by atoms with E-state index in [0.29, 0.717) is 6.61 Å². The van der Waals surface area contributed by atoms with Crippen molar-refractivity contribution in [3.63, 3.8) is 0 Å². The zero-order valence-electron chi connectivity index (χ0n) is 37.7. The quantitative estimate of drug-likeness (QED) is 0.0233. The van der Waals surface area contributed by atoms with E-state index >= 15 is 0 Å². The minimum absolute atomic E-state index is 0.0185. The molecule has 0 aliphatic carbocycles. The average Bonchev–Trinajstić information content (AvgIpc) is 3.20. The SMILES string of the molecule is CCCCCCC/C=C\CCCCCCCCOCC(COP(=O)(O)OCC(N)C(=O)O)OC(=O)CCCCCCCCCCCCCCCCCCCCCCC. The maximum atomic E-state index is 12.7. The number of hydrogen-bond donors (Lipinski definition) is 3. The number of ether oxygens (including phenoxy) is 2. The van der Waals surface area contributed by atoms with E-state index < -0.39 is 45.1 Å². The van der Waals surface area contributed by atoms with Gasteiger partial charge in [-0.3, -0.25) is 18.6 Å². The lowest BCUT2D eigenvalue weighted by Crippen LogP contribution is -2.34. The molecule has 0 aromatic heterocycles. The van der Waals surface area contributed by atoms with Crippen molar-refractivity contribution in [1.29, 1.82) is 0 Å². The number of rotatable bonds is 47. The molecule has 0 aromatic rings. The van der Waals surface area contributed by atoms with Gasteiger partial charge in [0.25, 0.3) is 0 Å². The van der Waals surface area contributed by atoms with Crippen molar-refractivity contribution in [2.24, 2.45) is 5.73 Å². The predicted octanol–water partition coefficient (Wildman–Crippen LogP) is 13.7. The molecule has 11 heteroatoms. The molecule has 0 spiro atoms. The Kier molecular flexibility index (Phi) is 42.8. The van der Waals surface area contributed by atoms with Crippen LogP contribution in [0, 0.1) is 0 Å². The van der Waals surface area contributed by atoms with Crippen LogP contribution in [0.3, 0.4) is 0 Å². The van der Waals surface area contributed by atoms with E-state index in [-0.39, 0.29) is 13.0 Å². The van der Waals surface area contributed by atoms with Crippen LogP contribution in [0.1, 0.15) is 239 Å². The second-order valence-corrected chi connectivity index (χ2v) is 18.1. The van der Waals surface area contributed by atoms with Gasteiger partial charge in [-0.25, -0.2) is 4.57 Å². The van der Waals surface area contributed by atoms with Gasteiger partial charge in [0, 0.05) is 13.0 Å². The molecule has 0 heterocycles. The fourth-order valence-electron chi connectivity index (χ4n) is 7.01. The van der Waals surface area contributed by atoms with Gasteiger partial charge in [0.1, 0.15) is 12.1 Å². The first-order chi connectivity index (χ1) is 28.2. The molecule has 0 aromatic carbocycles. The van der Waals surface area contributed by atoms with Crippen molar-refractivity contribution in [2.45, 2.75) is 251 Å². The third-order valence-electron chi connectivity index (χ3n) is 10.8. The number of carboxylic acids is 1. The molecule has 0 saturated carbocycles. The highest BCUT2D eigenvalue weighted by molar-refractivity contribution is 7.47. The highest BCUT2D eigenvalue weighted by atomic mass is 31.2. The van der Waals surface area contributed by atoms with Crippen LogP contribution in [0.5, 0.6) is 0 Å². The van der Waals surface area contributed by atoms with Gasteiger partial charge in [-0.2, -0.15) is 0 Å². The van der Waals surface area contributed by atoms with Crippen molar-refractivity contribution in [1.82, 2.24) is 0 Å². The van der Waals surface area contributed by atoms with Crippen LogP contribution >= 0.6 is 7.82 Å². The van der Waals surface area contributed by atoms with E-state index in [1.54, 1.807) is 0 Å². The van der Waals surface area contributed by atoms with Crippen LogP contribution in [0.2, 0.25) is 0 Å². The Balaban J connectivity index is 4.12. The molecule has 0 radical (unpaired) electrons. The Morgan fingerprint density at radius 1 is 0.534 bits per heavy atom. The number of phosphoric ester groups is 1. The fourth-order valence-corrected chi connectivity index (χ4v) is 7.79. The summed E-state index contributed by atoms with van der Waals surface area (Å²) >= 11 is 0. The van der Waals surface area contributed by atoms with E-state index in [2.05, 4.69) is 26.0 Å². The summed E-state index contributed by atoms with van der Waals surface area (Å²) in [4.78, 5) is 33.6. The van der Waals surface area contributed by atoms with Gasteiger partial charge >= 0.3 is 19.8 Å².